The Balaban J connectivity index is 2.47. The van der Waals surface area contributed by atoms with Crippen LogP contribution in [0.5, 0.6) is 0 Å². The highest BCUT2D eigenvalue weighted by atomic mass is 16.5. The van der Waals surface area contributed by atoms with Crippen molar-refractivity contribution in [1.82, 2.24) is 10.3 Å². The van der Waals surface area contributed by atoms with Crippen LogP contribution in [-0.2, 0) is 9.47 Å². The Morgan fingerprint density at radius 1 is 1.35 bits per heavy atom. The van der Waals surface area contributed by atoms with Crippen LogP contribution in [0.15, 0.2) is 12.1 Å². The molecule has 0 atom stereocenters. The number of rotatable bonds is 8. The molecule has 6 heteroatoms. The van der Waals surface area contributed by atoms with Gasteiger partial charge in [-0.05, 0) is 18.1 Å². The molecule has 1 heterocycles. The van der Waals surface area contributed by atoms with E-state index < -0.39 is 0 Å². The summed E-state index contributed by atoms with van der Waals surface area (Å²) in [5.74, 6) is 0.413. The number of ether oxygens (including phenoxy) is 2. The van der Waals surface area contributed by atoms with E-state index in [-0.39, 0.29) is 11.8 Å². The number of hydrogen-bond acceptors (Lipinski definition) is 5. The first-order valence-corrected chi connectivity index (χ1v) is 6.67. The molecule has 1 aromatic heterocycles. The van der Waals surface area contributed by atoms with Crippen molar-refractivity contribution < 1.29 is 14.3 Å². The lowest BCUT2D eigenvalue weighted by Gasteiger charge is -2.10. The van der Waals surface area contributed by atoms with Gasteiger partial charge in [-0.15, -0.1) is 0 Å². The molecule has 3 N–H and O–H groups in total. The highest BCUT2D eigenvalue weighted by molar-refractivity contribution is 5.94. The molecular formula is C14H23N3O3. The summed E-state index contributed by atoms with van der Waals surface area (Å²) in [4.78, 5) is 16.2. The minimum atomic E-state index is -0.170. The standard InChI is InChI=1S/C14H23N3O3/c1-10(2)12-8-11(9-13(15)17-12)14(18)16-4-5-20-7-6-19-3/h8-10H,4-7H2,1-3H3,(H2,15,17)(H,16,18). The maximum Gasteiger partial charge on any atom is 0.251 e. The Morgan fingerprint density at radius 3 is 2.75 bits per heavy atom. The van der Waals surface area contributed by atoms with Crippen LogP contribution in [0.4, 0.5) is 5.82 Å². The molecule has 0 aliphatic carbocycles. The summed E-state index contributed by atoms with van der Waals surface area (Å²) in [5, 5.41) is 2.78. The number of nitrogens with zero attached hydrogens (tertiary/aromatic N) is 1. The monoisotopic (exact) mass is 281 g/mol. The SMILES string of the molecule is COCCOCCNC(=O)c1cc(N)nc(C(C)C)c1. The number of nitrogens with one attached hydrogen (secondary N) is 1. The molecule has 0 bridgehead atoms. The van der Waals surface area contributed by atoms with Gasteiger partial charge in [0.15, 0.2) is 0 Å². The Labute approximate surface area is 119 Å². The summed E-state index contributed by atoms with van der Waals surface area (Å²) < 4.78 is 10.1. The van der Waals surface area contributed by atoms with E-state index in [1.807, 2.05) is 13.8 Å². The van der Waals surface area contributed by atoms with Gasteiger partial charge in [-0.3, -0.25) is 4.79 Å². The van der Waals surface area contributed by atoms with Crippen LogP contribution in [0.25, 0.3) is 0 Å². The van der Waals surface area contributed by atoms with E-state index in [0.29, 0.717) is 37.7 Å². The number of hydrogen-bond donors (Lipinski definition) is 2. The molecule has 0 radical (unpaired) electrons. The summed E-state index contributed by atoms with van der Waals surface area (Å²) in [7, 11) is 1.62. The highest BCUT2D eigenvalue weighted by Gasteiger charge is 2.10. The van der Waals surface area contributed by atoms with Crippen LogP contribution < -0.4 is 11.1 Å². The number of carbonyl (C=O) groups excluding carboxylic acids is 1. The molecule has 6 nitrogen and oxygen atoms in total. The fourth-order valence-electron chi connectivity index (χ4n) is 1.58. The number of methoxy groups -OCH3 is 1. The molecule has 0 aliphatic heterocycles. The minimum absolute atomic E-state index is 0.170. The average Bonchev–Trinajstić information content (AvgIpc) is 2.41. The third-order valence-electron chi connectivity index (χ3n) is 2.68. The highest BCUT2D eigenvalue weighted by Crippen LogP contribution is 2.15. The summed E-state index contributed by atoms with van der Waals surface area (Å²) >= 11 is 0. The largest absolute Gasteiger partial charge is 0.384 e. The van der Waals surface area contributed by atoms with E-state index in [2.05, 4.69) is 10.3 Å². The fourth-order valence-corrected chi connectivity index (χ4v) is 1.58. The number of nitrogens with two attached hydrogens (primary N) is 1. The van der Waals surface area contributed by atoms with E-state index in [9.17, 15) is 4.79 Å². The normalized spacial score (nSPS) is 10.8. The molecule has 20 heavy (non-hydrogen) atoms. The van der Waals surface area contributed by atoms with Crippen LogP contribution >= 0.6 is 0 Å². The summed E-state index contributed by atoms with van der Waals surface area (Å²) in [5.41, 5.74) is 7.05. The average molecular weight is 281 g/mol. The van der Waals surface area contributed by atoms with Crippen molar-refractivity contribution in [2.75, 3.05) is 39.2 Å². The van der Waals surface area contributed by atoms with Crippen molar-refractivity contribution in [3.8, 4) is 0 Å². The van der Waals surface area contributed by atoms with Gasteiger partial charge in [0.05, 0.1) is 19.8 Å². The van der Waals surface area contributed by atoms with Crippen molar-refractivity contribution in [3.05, 3.63) is 23.4 Å². The second-order valence-electron chi connectivity index (χ2n) is 4.72. The Bertz CT molecular complexity index is 436. The Kier molecular flexibility index (Phi) is 6.97. The second-order valence-corrected chi connectivity index (χ2v) is 4.72. The molecule has 1 aromatic rings. The Hall–Kier alpha value is -1.66. The summed E-state index contributed by atoms with van der Waals surface area (Å²) in [6, 6.07) is 3.34. The first-order chi connectivity index (χ1) is 9.54. The molecular weight excluding hydrogens is 258 g/mol. The van der Waals surface area contributed by atoms with Crippen molar-refractivity contribution in [2.24, 2.45) is 0 Å². The molecule has 112 valence electrons. The van der Waals surface area contributed by atoms with Gasteiger partial charge in [0.2, 0.25) is 0 Å². The molecule has 0 saturated heterocycles. The van der Waals surface area contributed by atoms with Crippen LogP contribution in [0, 0.1) is 0 Å². The predicted molar refractivity (Wildman–Crippen MR) is 77.8 cm³/mol. The lowest BCUT2D eigenvalue weighted by Crippen LogP contribution is -2.28. The maximum atomic E-state index is 12.0. The second kappa shape index (κ2) is 8.50. The zero-order chi connectivity index (χ0) is 15.0. The first kappa shape index (κ1) is 16.4. The number of pyridine rings is 1. The lowest BCUT2D eigenvalue weighted by molar-refractivity contribution is 0.0692. The van der Waals surface area contributed by atoms with Gasteiger partial charge in [0.1, 0.15) is 5.82 Å². The molecule has 0 aromatic carbocycles. The van der Waals surface area contributed by atoms with Crippen LogP contribution in [0.2, 0.25) is 0 Å². The molecule has 0 saturated carbocycles. The van der Waals surface area contributed by atoms with Gasteiger partial charge >= 0.3 is 0 Å². The van der Waals surface area contributed by atoms with Crippen molar-refractivity contribution in [3.63, 3.8) is 0 Å². The third kappa shape index (κ3) is 5.54. The third-order valence-corrected chi connectivity index (χ3v) is 2.68. The molecule has 0 fully saturated rings. The van der Waals surface area contributed by atoms with E-state index in [1.54, 1.807) is 19.2 Å². The fraction of sp³-hybridized carbons (Fsp3) is 0.571. The van der Waals surface area contributed by atoms with Gasteiger partial charge in [-0.1, -0.05) is 13.8 Å². The zero-order valence-corrected chi connectivity index (χ0v) is 12.3. The van der Waals surface area contributed by atoms with Gasteiger partial charge in [0, 0.05) is 24.9 Å². The number of nitrogen functional groups attached to an aromatic ring is 1. The van der Waals surface area contributed by atoms with E-state index in [0.717, 1.165) is 5.69 Å². The molecule has 0 unspecified atom stereocenters. The molecule has 1 rings (SSSR count). The number of carbonyl (C=O) groups is 1. The van der Waals surface area contributed by atoms with Gasteiger partial charge in [-0.2, -0.15) is 0 Å². The maximum absolute atomic E-state index is 12.0. The van der Waals surface area contributed by atoms with Crippen LogP contribution in [0.3, 0.4) is 0 Å². The number of aromatic nitrogens is 1. The predicted octanol–water partition coefficient (Wildman–Crippen LogP) is 1.18. The van der Waals surface area contributed by atoms with Crippen LogP contribution in [0.1, 0.15) is 35.8 Å². The molecule has 1 amide bonds. The van der Waals surface area contributed by atoms with Gasteiger partial charge in [0.25, 0.3) is 5.91 Å². The smallest absolute Gasteiger partial charge is 0.251 e. The van der Waals surface area contributed by atoms with Crippen molar-refractivity contribution in [2.45, 2.75) is 19.8 Å². The van der Waals surface area contributed by atoms with E-state index >= 15 is 0 Å². The van der Waals surface area contributed by atoms with E-state index in [1.165, 1.54) is 0 Å². The zero-order valence-electron chi connectivity index (χ0n) is 12.3. The van der Waals surface area contributed by atoms with Crippen molar-refractivity contribution in [1.29, 1.82) is 0 Å². The molecule has 0 aliphatic rings. The van der Waals surface area contributed by atoms with E-state index in [4.69, 9.17) is 15.2 Å². The summed E-state index contributed by atoms with van der Waals surface area (Å²) in [6.45, 7) is 5.98. The lowest BCUT2D eigenvalue weighted by atomic mass is 10.1. The van der Waals surface area contributed by atoms with Gasteiger partial charge < -0.3 is 20.5 Å². The molecule has 0 spiro atoms. The van der Waals surface area contributed by atoms with Crippen molar-refractivity contribution >= 4 is 11.7 Å². The number of amides is 1. The Morgan fingerprint density at radius 2 is 2.10 bits per heavy atom. The number of anilines is 1. The van der Waals surface area contributed by atoms with Crippen LogP contribution in [-0.4, -0.2) is 44.4 Å². The van der Waals surface area contributed by atoms with Gasteiger partial charge in [-0.25, -0.2) is 4.98 Å². The minimum Gasteiger partial charge on any atom is -0.384 e. The summed E-state index contributed by atoms with van der Waals surface area (Å²) in [6.07, 6.45) is 0. The quantitative estimate of drug-likeness (QED) is 0.699. The first-order valence-electron chi connectivity index (χ1n) is 6.67. The topological polar surface area (TPSA) is 86.5 Å².